The quantitative estimate of drug-likeness (QED) is 0.375. The van der Waals surface area contributed by atoms with Gasteiger partial charge in [0, 0.05) is 31.4 Å². The highest BCUT2D eigenvalue weighted by molar-refractivity contribution is 6.04. The Kier molecular flexibility index (Phi) is 5.66. The number of benzene rings is 1. The summed E-state index contributed by atoms with van der Waals surface area (Å²) in [6.45, 7) is 4.84. The lowest BCUT2D eigenvalue weighted by Gasteiger charge is -2.31. The molecule has 3 N–H and O–H groups in total. The molecular weight excluding hydrogens is 441 g/mol. The molecule has 5 rings (SSSR count). The van der Waals surface area contributed by atoms with Crippen LogP contribution in [0.4, 0.5) is 10.2 Å². The molecule has 1 aromatic carbocycles. The average molecular weight is 463 g/mol. The van der Waals surface area contributed by atoms with Gasteiger partial charge in [0.2, 0.25) is 11.8 Å². The molecule has 1 aliphatic rings. The number of aromatic nitrogens is 4. The highest BCUT2D eigenvalue weighted by Crippen LogP contribution is 2.20. The minimum Gasteiger partial charge on any atom is -0.439 e. The van der Waals surface area contributed by atoms with Crippen LogP contribution in [0.25, 0.3) is 22.3 Å². The molecule has 0 radical (unpaired) electrons. The first-order chi connectivity index (χ1) is 16.5. The maximum Gasteiger partial charge on any atom is 0.255 e. The topological polar surface area (TPSA) is 129 Å². The number of nitrogens with one attached hydrogen (secondary N) is 3. The fourth-order valence-corrected chi connectivity index (χ4v) is 3.99. The largest absolute Gasteiger partial charge is 0.439 e. The van der Waals surface area contributed by atoms with Gasteiger partial charge in [-0.2, -0.15) is 0 Å². The maximum absolute atomic E-state index is 13.3. The second kappa shape index (κ2) is 8.93. The predicted octanol–water partition coefficient (Wildman–Crippen LogP) is 2.76. The molecule has 1 fully saturated rings. The van der Waals surface area contributed by atoms with E-state index in [0.29, 0.717) is 46.7 Å². The van der Waals surface area contributed by atoms with E-state index in [1.165, 1.54) is 24.3 Å². The summed E-state index contributed by atoms with van der Waals surface area (Å²) < 4.78 is 18.8. The van der Waals surface area contributed by atoms with Crippen molar-refractivity contribution in [2.45, 2.75) is 25.4 Å². The van der Waals surface area contributed by atoms with Crippen molar-refractivity contribution in [1.29, 1.82) is 0 Å². The van der Waals surface area contributed by atoms with Crippen molar-refractivity contribution >= 4 is 39.9 Å². The number of oxazole rings is 1. The Morgan fingerprint density at radius 3 is 2.91 bits per heavy atom. The Labute approximate surface area is 193 Å². The lowest BCUT2D eigenvalue weighted by molar-refractivity contribution is -0.126. The van der Waals surface area contributed by atoms with Gasteiger partial charge in [-0.25, -0.2) is 19.3 Å². The Bertz CT molecular complexity index is 1390. The van der Waals surface area contributed by atoms with E-state index in [2.05, 4.69) is 37.1 Å². The van der Waals surface area contributed by atoms with Gasteiger partial charge in [0.05, 0.1) is 18.3 Å². The Morgan fingerprint density at radius 1 is 1.29 bits per heavy atom. The maximum atomic E-state index is 13.3. The zero-order chi connectivity index (χ0) is 23.7. The third kappa shape index (κ3) is 4.32. The van der Waals surface area contributed by atoms with Crippen molar-refractivity contribution in [2.24, 2.45) is 0 Å². The number of amides is 2. The first-order valence-corrected chi connectivity index (χ1v) is 10.9. The molecule has 2 amide bonds. The zero-order valence-electron chi connectivity index (χ0n) is 18.2. The second-order valence-electron chi connectivity index (χ2n) is 8.01. The predicted molar refractivity (Wildman–Crippen MR) is 122 cm³/mol. The summed E-state index contributed by atoms with van der Waals surface area (Å²) in [7, 11) is 0. The van der Waals surface area contributed by atoms with Crippen LogP contribution in [0.2, 0.25) is 0 Å². The molecule has 4 aromatic rings. The first kappa shape index (κ1) is 21.6. The molecule has 34 heavy (non-hydrogen) atoms. The molecule has 0 saturated carbocycles. The summed E-state index contributed by atoms with van der Waals surface area (Å²) in [4.78, 5) is 42.4. The van der Waals surface area contributed by atoms with Gasteiger partial charge in [-0.05, 0) is 31.1 Å². The smallest absolute Gasteiger partial charge is 0.255 e. The monoisotopic (exact) mass is 463 g/mol. The number of hydrogen-bond acceptors (Lipinski definition) is 7. The molecule has 0 spiro atoms. The molecule has 1 saturated heterocycles. The standard InChI is InChI=1S/C23H22FN7O3/c1-2-20(32)31-7-5-14(6-8-31)28-18-11-26-22-21(30-18)15(10-25-22)23(33)27-12-19-29-16-4-3-13(24)9-17(16)34-19/h2-4,9-11,14H,1,5-8,12H2,(H,25,26)(H,27,33)(H,28,30). The van der Waals surface area contributed by atoms with Crippen LogP contribution < -0.4 is 10.6 Å². The van der Waals surface area contributed by atoms with Crippen molar-refractivity contribution < 1.29 is 18.4 Å². The Morgan fingerprint density at radius 2 is 2.12 bits per heavy atom. The Hall–Kier alpha value is -4.28. The number of nitrogens with zero attached hydrogens (tertiary/aromatic N) is 4. The molecule has 10 nitrogen and oxygen atoms in total. The number of piperidine rings is 1. The van der Waals surface area contributed by atoms with E-state index in [4.69, 9.17) is 4.42 Å². The van der Waals surface area contributed by atoms with Crippen LogP contribution in [0, 0.1) is 5.82 Å². The molecule has 0 atom stereocenters. The summed E-state index contributed by atoms with van der Waals surface area (Å²) in [6.07, 6.45) is 6.03. The number of rotatable bonds is 6. The van der Waals surface area contributed by atoms with Crippen LogP contribution in [-0.4, -0.2) is 55.8 Å². The van der Waals surface area contributed by atoms with Crippen LogP contribution >= 0.6 is 0 Å². The van der Waals surface area contributed by atoms with Gasteiger partial charge in [-0.3, -0.25) is 9.59 Å². The fourth-order valence-electron chi connectivity index (χ4n) is 3.99. The van der Waals surface area contributed by atoms with Crippen LogP contribution in [0.3, 0.4) is 0 Å². The lowest BCUT2D eigenvalue weighted by Crippen LogP contribution is -2.41. The van der Waals surface area contributed by atoms with Crippen molar-refractivity contribution in [3.63, 3.8) is 0 Å². The SMILES string of the molecule is C=CC(=O)N1CCC(Nc2cnc3[nH]cc(C(=O)NCc4nc5ccc(F)cc5o4)c3n2)CC1. The van der Waals surface area contributed by atoms with E-state index in [-0.39, 0.29) is 30.3 Å². The van der Waals surface area contributed by atoms with Crippen LogP contribution in [-0.2, 0) is 11.3 Å². The van der Waals surface area contributed by atoms with Crippen LogP contribution in [0.15, 0.2) is 47.7 Å². The summed E-state index contributed by atoms with van der Waals surface area (Å²) in [5.41, 5.74) is 2.08. The van der Waals surface area contributed by atoms with Gasteiger partial charge in [0.1, 0.15) is 22.7 Å². The molecule has 11 heteroatoms. The van der Waals surface area contributed by atoms with Crippen LogP contribution in [0.5, 0.6) is 0 Å². The number of likely N-dealkylation sites (tertiary alicyclic amines) is 1. The van der Waals surface area contributed by atoms with Gasteiger partial charge in [0.25, 0.3) is 5.91 Å². The van der Waals surface area contributed by atoms with Gasteiger partial charge < -0.3 is 24.9 Å². The number of hydrogen-bond donors (Lipinski definition) is 3. The molecule has 3 aromatic heterocycles. The molecule has 4 heterocycles. The summed E-state index contributed by atoms with van der Waals surface area (Å²) >= 11 is 0. The third-order valence-corrected chi connectivity index (χ3v) is 5.75. The minimum absolute atomic E-state index is 0.0369. The molecule has 1 aliphatic heterocycles. The van der Waals surface area contributed by atoms with E-state index >= 15 is 0 Å². The average Bonchev–Trinajstić information content (AvgIpc) is 3.45. The van der Waals surface area contributed by atoms with Crippen molar-refractivity contribution in [3.8, 4) is 0 Å². The van der Waals surface area contributed by atoms with E-state index in [0.717, 1.165) is 12.8 Å². The highest BCUT2D eigenvalue weighted by atomic mass is 19.1. The van der Waals surface area contributed by atoms with Gasteiger partial charge in [0.15, 0.2) is 11.2 Å². The summed E-state index contributed by atoms with van der Waals surface area (Å²) in [6, 6.07) is 4.21. The number of halogens is 1. The molecule has 0 aliphatic carbocycles. The van der Waals surface area contributed by atoms with Gasteiger partial charge >= 0.3 is 0 Å². The number of fused-ring (bicyclic) bond motifs is 2. The van der Waals surface area contributed by atoms with E-state index in [9.17, 15) is 14.0 Å². The highest BCUT2D eigenvalue weighted by Gasteiger charge is 2.22. The number of carbonyl (C=O) groups excluding carboxylic acids is 2. The van der Waals surface area contributed by atoms with Gasteiger partial charge in [-0.15, -0.1) is 0 Å². The minimum atomic E-state index is -0.420. The molecular formula is C23H22FN7O3. The number of anilines is 1. The molecule has 0 unspecified atom stereocenters. The number of carbonyl (C=O) groups is 2. The number of aromatic amines is 1. The van der Waals surface area contributed by atoms with Crippen molar-refractivity contribution in [1.82, 2.24) is 30.2 Å². The van der Waals surface area contributed by atoms with Crippen molar-refractivity contribution in [3.05, 3.63) is 60.5 Å². The van der Waals surface area contributed by atoms with E-state index in [1.54, 1.807) is 17.3 Å². The zero-order valence-corrected chi connectivity index (χ0v) is 18.2. The lowest BCUT2D eigenvalue weighted by atomic mass is 10.1. The van der Waals surface area contributed by atoms with Crippen molar-refractivity contribution in [2.75, 3.05) is 18.4 Å². The first-order valence-electron chi connectivity index (χ1n) is 10.9. The summed E-state index contributed by atoms with van der Waals surface area (Å²) in [5.74, 6) is -0.0361. The van der Waals surface area contributed by atoms with Gasteiger partial charge in [-0.1, -0.05) is 6.58 Å². The third-order valence-electron chi connectivity index (χ3n) is 5.75. The summed E-state index contributed by atoms with van der Waals surface area (Å²) in [5, 5.41) is 6.09. The van der Waals surface area contributed by atoms with E-state index in [1.807, 2.05) is 0 Å². The molecule has 174 valence electrons. The van der Waals surface area contributed by atoms with Crippen LogP contribution in [0.1, 0.15) is 29.1 Å². The molecule has 0 bridgehead atoms. The number of H-pyrrole nitrogens is 1. The van der Waals surface area contributed by atoms with E-state index < -0.39 is 5.82 Å². The Balaban J connectivity index is 1.25. The second-order valence-corrected chi connectivity index (χ2v) is 8.01. The fraction of sp³-hybridized carbons (Fsp3) is 0.261. The normalized spacial score (nSPS) is 14.4.